The van der Waals surface area contributed by atoms with Crippen molar-refractivity contribution in [2.45, 2.75) is 45.0 Å². The molecule has 168 valence electrons. The molecule has 31 heavy (non-hydrogen) atoms. The minimum Gasteiger partial charge on any atom is -0.406 e. The van der Waals surface area contributed by atoms with Crippen LogP contribution in [0.5, 0.6) is 5.75 Å². The lowest BCUT2D eigenvalue weighted by Gasteiger charge is -2.32. The predicted molar refractivity (Wildman–Crippen MR) is 114 cm³/mol. The summed E-state index contributed by atoms with van der Waals surface area (Å²) >= 11 is 0. The largest absolute Gasteiger partial charge is 0.573 e. The molecule has 2 aromatic rings. The number of nitrogens with one attached hydrogen (secondary N) is 1. The number of carbonyl (C=O) groups excluding carboxylic acids is 1. The van der Waals surface area contributed by atoms with Crippen LogP contribution >= 0.6 is 0 Å². The van der Waals surface area contributed by atoms with Gasteiger partial charge in [-0.25, -0.2) is 0 Å². The lowest BCUT2D eigenvalue weighted by atomic mass is 9.95. The Balaban J connectivity index is 1.36. The molecule has 1 heterocycles. The molecule has 7 heteroatoms. The van der Waals surface area contributed by atoms with E-state index >= 15 is 0 Å². The highest BCUT2D eigenvalue weighted by atomic mass is 19.4. The molecule has 0 aromatic heterocycles. The van der Waals surface area contributed by atoms with Gasteiger partial charge in [0.15, 0.2) is 0 Å². The number of nitrogens with zero attached hydrogens (tertiary/aromatic N) is 1. The van der Waals surface area contributed by atoms with E-state index in [0.29, 0.717) is 18.9 Å². The quantitative estimate of drug-likeness (QED) is 0.628. The Morgan fingerprint density at radius 1 is 1.10 bits per heavy atom. The van der Waals surface area contributed by atoms with Crippen molar-refractivity contribution in [1.29, 1.82) is 0 Å². The highest BCUT2D eigenvalue weighted by molar-refractivity contribution is 5.76. The number of piperidine rings is 1. The van der Waals surface area contributed by atoms with Crippen LogP contribution in [0.4, 0.5) is 13.2 Å². The maximum absolute atomic E-state index is 12.3. The number of rotatable bonds is 8. The van der Waals surface area contributed by atoms with Crippen molar-refractivity contribution >= 4 is 5.91 Å². The third-order valence-corrected chi connectivity index (χ3v) is 5.72. The summed E-state index contributed by atoms with van der Waals surface area (Å²) in [5.74, 6) is 0.0964. The Morgan fingerprint density at radius 2 is 1.74 bits per heavy atom. The normalized spacial score (nSPS) is 16.6. The Morgan fingerprint density at radius 3 is 2.35 bits per heavy atom. The summed E-state index contributed by atoms with van der Waals surface area (Å²) in [6.45, 7) is 5.57. The Hall–Kier alpha value is -2.54. The molecule has 2 aromatic carbocycles. The van der Waals surface area contributed by atoms with Gasteiger partial charge in [0.05, 0.1) is 0 Å². The van der Waals surface area contributed by atoms with Gasteiger partial charge in [-0.05, 0) is 61.0 Å². The van der Waals surface area contributed by atoms with Crippen LogP contribution < -0.4 is 10.1 Å². The van der Waals surface area contributed by atoms with E-state index in [4.69, 9.17) is 0 Å². The van der Waals surface area contributed by atoms with Crippen LogP contribution in [-0.4, -0.2) is 36.8 Å². The fourth-order valence-corrected chi connectivity index (χ4v) is 3.91. The number of hydrogen-bond acceptors (Lipinski definition) is 3. The first-order chi connectivity index (χ1) is 14.8. The Kier molecular flexibility index (Phi) is 7.96. The smallest absolute Gasteiger partial charge is 0.406 e. The summed E-state index contributed by atoms with van der Waals surface area (Å²) < 4.78 is 40.6. The average Bonchev–Trinajstić information content (AvgIpc) is 2.73. The van der Waals surface area contributed by atoms with Crippen molar-refractivity contribution in [3.05, 3.63) is 65.7 Å². The van der Waals surface area contributed by atoms with Crippen molar-refractivity contribution in [1.82, 2.24) is 10.2 Å². The molecule has 1 N–H and O–H groups in total. The van der Waals surface area contributed by atoms with E-state index in [1.807, 2.05) is 13.0 Å². The molecule has 0 bridgehead atoms. The molecule has 1 aliphatic rings. The van der Waals surface area contributed by atoms with Crippen molar-refractivity contribution < 1.29 is 22.7 Å². The van der Waals surface area contributed by atoms with E-state index in [0.717, 1.165) is 38.0 Å². The number of benzene rings is 2. The molecule has 0 aliphatic carbocycles. The van der Waals surface area contributed by atoms with Gasteiger partial charge in [0.2, 0.25) is 5.91 Å². The maximum atomic E-state index is 12.3. The second-order valence-corrected chi connectivity index (χ2v) is 8.23. The van der Waals surface area contributed by atoms with Crippen LogP contribution in [0.15, 0.2) is 54.6 Å². The van der Waals surface area contributed by atoms with E-state index in [1.54, 1.807) is 12.1 Å². The van der Waals surface area contributed by atoms with Gasteiger partial charge in [-0.15, -0.1) is 13.2 Å². The van der Waals surface area contributed by atoms with Gasteiger partial charge in [0.25, 0.3) is 0 Å². The summed E-state index contributed by atoms with van der Waals surface area (Å²) in [5.41, 5.74) is 2.13. The van der Waals surface area contributed by atoms with Gasteiger partial charge in [-0.3, -0.25) is 9.69 Å². The predicted octanol–water partition coefficient (Wildman–Crippen LogP) is 5.11. The summed E-state index contributed by atoms with van der Waals surface area (Å²) in [6, 6.07) is 16.1. The van der Waals surface area contributed by atoms with Crippen LogP contribution in [-0.2, 0) is 11.3 Å². The number of ether oxygens (including phenoxy) is 1. The lowest BCUT2D eigenvalue weighted by molar-refractivity contribution is -0.274. The van der Waals surface area contributed by atoms with Crippen molar-refractivity contribution in [2.24, 2.45) is 5.92 Å². The molecule has 0 saturated carbocycles. The highest BCUT2D eigenvalue weighted by Crippen LogP contribution is 2.26. The molecule has 0 radical (unpaired) electrons. The van der Waals surface area contributed by atoms with Crippen molar-refractivity contribution in [3.63, 3.8) is 0 Å². The van der Waals surface area contributed by atoms with Crippen molar-refractivity contribution in [2.75, 3.05) is 19.6 Å². The van der Waals surface area contributed by atoms with Gasteiger partial charge in [-0.1, -0.05) is 49.4 Å². The molecule has 1 atom stereocenters. The van der Waals surface area contributed by atoms with E-state index in [1.165, 1.54) is 17.7 Å². The van der Waals surface area contributed by atoms with Crippen molar-refractivity contribution in [3.8, 4) is 5.75 Å². The van der Waals surface area contributed by atoms with Gasteiger partial charge in [0.1, 0.15) is 5.75 Å². The first kappa shape index (κ1) is 23.1. The van der Waals surface area contributed by atoms with E-state index in [2.05, 4.69) is 39.2 Å². The number of likely N-dealkylation sites (tertiary alicyclic amines) is 1. The number of hydrogen-bond donors (Lipinski definition) is 1. The van der Waals surface area contributed by atoms with E-state index in [9.17, 15) is 18.0 Å². The van der Waals surface area contributed by atoms with Crippen LogP contribution in [0.2, 0.25) is 0 Å². The number of carbonyl (C=O) groups is 1. The average molecular weight is 435 g/mol. The first-order valence-corrected chi connectivity index (χ1v) is 10.7. The molecule has 1 aliphatic heterocycles. The van der Waals surface area contributed by atoms with Crippen LogP contribution in [0.3, 0.4) is 0 Å². The summed E-state index contributed by atoms with van der Waals surface area (Å²) in [5, 5.41) is 3.03. The maximum Gasteiger partial charge on any atom is 0.573 e. The molecule has 1 fully saturated rings. The van der Waals surface area contributed by atoms with Crippen LogP contribution in [0, 0.1) is 5.92 Å². The zero-order valence-electron chi connectivity index (χ0n) is 17.7. The third kappa shape index (κ3) is 7.90. The number of halogens is 3. The SMILES string of the molecule is CC(CC(=O)NCC1CCN(Cc2ccccc2)CC1)c1ccc(OC(F)(F)F)cc1. The first-order valence-electron chi connectivity index (χ1n) is 10.7. The van der Waals surface area contributed by atoms with Gasteiger partial charge in [0, 0.05) is 19.5 Å². The second kappa shape index (κ2) is 10.7. The molecule has 1 unspecified atom stereocenters. The Labute approximate surface area is 181 Å². The highest BCUT2D eigenvalue weighted by Gasteiger charge is 2.31. The second-order valence-electron chi connectivity index (χ2n) is 8.23. The molecule has 3 rings (SSSR count). The van der Waals surface area contributed by atoms with Gasteiger partial charge >= 0.3 is 6.36 Å². The van der Waals surface area contributed by atoms with E-state index < -0.39 is 6.36 Å². The van der Waals surface area contributed by atoms with Crippen LogP contribution in [0.25, 0.3) is 0 Å². The molecule has 0 spiro atoms. The zero-order valence-corrected chi connectivity index (χ0v) is 17.7. The molecule has 1 amide bonds. The summed E-state index contributed by atoms with van der Waals surface area (Å²) in [4.78, 5) is 14.8. The molecular formula is C24H29F3N2O2. The monoisotopic (exact) mass is 434 g/mol. The topological polar surface area (TPSA) is 41.6 Å². The summed E-state index contributed by atoms with van der Waals surface area (Å²) in [6.07, 6.45) is -2.29. The fraction of sp³-hybridized carbons (Fsp3) is 0.458. The number of alkyl halides is 3. The van der Waals surface area contributed by atoms with Gasteiger partial charge < -0.3 is 10.1 Å². The Bertz CT molecular complexity index is 817. The minimum absolute atomic E-state index is 0.0326. The molecule has 4 nitrogen and oxygen atoms in total. The standard InChI is InChI=1S/C24H29F3N2O2/c1-18(21-7-9-22(10-8-21)31-24(25,26)27)15-23(30)28-16-19-11-13-29(14-12-19)17-20-5-3-2-4-6-20/h2-10,18-19H,11-17H2,1H3,(H,28,30). The summed E-state index contributed by atoms with van der Waals surface area (Å²) in [7, 11) is 0. The lowest BCUT2D eigenvalue weighted by Crippen LogP contribution is -2.38. The zero-order chi connectivity index (χ0) is 22.3. The molecular weight excluding hydrogens is 405 g/mol. The third-order valence-electron chi connectivity index (χ3n) is 5.72. The van der Waals surface area contributed by atoms with Crippen LogP contribution in [0.1, 0.15) is 43.2 Å². The molecule has 1 saturated heterocycles. The fourth-order valence-electron chi connectivity index (χ4n) is 3.91. The minimum atomic E-state index is -4.70. The number of amides is 1. The van der Waals surface area contributed by atoms with E-state index in [-0.39, 0.29) is 17.6 Å². The van der Waals surface area contributed by atoms with Gasteiger partial charge in [-0.2, -0.15) is 0 Å².